The number of rotatable bonds is 1. The summed E-state index contributed by atoms with van der Waals surface area (Å²) in [7, 11) is 0. The van der Waals surface area contributed by atoms with Gasteiger partial charge in [0.25, 0.3) is 0 Å². The van der Waals surface area contributed by atoms with Crippen molar-refractivity contribution in [1.29, 1.82) is 0 Å². The third kappa shape index (κ3) is 3.55. The molecule has 0 aromatic carbocycles. The zero-order chi connectivity index (χ0) is 30.5. The van der Waals surface area contributed by atoms with Gasteiger partial charge in [-0.05, 0) is 112 Å². The molecule has 6 nitrogen and oxygen atoms in total. The van der Waals surface area contributed by atoms with Gasteiger partial charge in [0, 0.05) is 5.41 Å². The molecule has 2 aliphatic heterocycles. The van der Waals surface area contributed by atoms with Crippen molar-refractivity contribution in [3.05, 3.63) is 11.6 Å². The number of fused-ring (bicyclic) bond motifs is 8. The molecule has 6 fully saturated rings. The summed E-state index contributed by atoms with van der Waals surface area (Å²) in [6.07, 6.45) is 9.00. The van der Waals surface area contributed by atoms with E-state index in [9.17, 15) is 10.2 Å². The molecule has 0 bridgehead atoms. The summed E-state index contributed by atoms with van der Waals surface area (Å²) in [6, 6.07) is 0. The summed E-state index contributed by atoms with van der Waals surface area (Å²) in [4.78, 5) is 0. The molecule has 4 saturated carbocycles. The minimum Gasteiger partial charge on any atom is -0.396 e. The fourth-order valence-corrected chi connectivity index (χ4v) is 12.7. The molecule has 5 aliphatic carbocycles. The SMILES string of the molecule is CC1(C)OC[C@]2(C)C3CC[C@]4(C)C(CC=C5C6CC(C)(C)[C@@H](O)[C@@H]7OC(C)(C)O[C@H](C[C@]54C)[C@]67CO)[C@@]3(C)CC[C@@H]2O1. The molecule has 2 heterocycles. The maximum Gasteiger partial charge on any atom is 0.163 e. The molecule has 42 heavy (non-hydrogen) atoms. The number of hydrogen-bond acceptors (Lipinski definition) is 6. The lowest BCUT2D eigenvalue weighted by molar-refractivity contribution is -0.403. The van der Waals surface area contributed by atoms with Crippen LogP contribution in [0.5, 0.6) is 0 Å². The molecular formula is C36H58O6. The first-order valence-electron chi connectivity index (χ1n) is 17.0. The zero-order valence-electron chi connectivity index (χ0n) is 28.0. The number of aliphatic hydroxyl groups is 2. The van der Waals surface area contributed by atoms with Crippen LogP contribution in [0.3, 0.4) is 0 Å². The molecule has 12 atom stereocenters. The topological polar surface area (TPSA) is 77.4 Å². The van der Waals surface area contributed by atoms with E-state index in [0.717, 1.165) is 32.3 Å². The largest absolute Gasteiger partial charge is 0.396 e. The summed E-state index contributed by atoms with van der Waals surface area (Å²) in [5, 5.41) is 23.0. The second-order valence-corrected chi connectivity index (χ2v) is 18.3. The van der Waals surface area contributed by atoms with Gasteiger partial charge in [-0.25, -0.2) is 0 Å². The lowest BCUT2D eigenvalue weighted by Crippen LogP contribution is -2.75. The summed E-state index contributed by atoms with van der Waals surface area (Å²) in [5.41, 5.74) is 0.819. The van der Waals surface area contributed by atoms with Gasteiger partial charge in [-0.1, -0.05) is 53.2 Å². The molecule has 0 aromatic heterocycles. The Morgan fingerprint density at radius 3 is 2.17 bits per heavy atom. The Labute approximate surface area is 254 Å². The van der Waals surface area contributed by atoms with Gasteiger partial charge in [0.2, 0.25) is 0 Å². The van der Waals surface area contributed by atoms with Crippen molar-refractivity contribution < 1.29 is 29.2 Å². The van der Waals surface area contributed by atoms with Crippen LogP contribution in [0.2, 0.25) is 0 Å². The Morgan fingerprint density at radius 2 is 1.48 bits per heavy atom. The molecule has 3 unspecified atom stereocenters. The van der Waals surface area contributed by atoms with Gasteiger partial charge < -0.3 is 29.2 Å². The van der Waals surface area contributed by atoms with Crippen molar-refractivity contribution in [3.8, 4) is 0 Å². The van der Waals surface area contributed by atoms with Crippen LogP contribution in [-0.2, 0) is 18.9 Å². The molecule has 7 aliphatic rings. The van der Waals surface area contributed by atoms with Gasteiger partial charge in [0.05, 0.1) is 43.0 Å². The van der Waals surface area contributed by atoms with E-state index in [-0.39, 0.29) is 51.8 Å². The van der Waals surface area contributed by atoms with Gasteiger partial charge in [-0.15, -0.1) is 0 Å². The second kappa shape index (κ2) is 8.64. The second-order valence-electron chi connectivity index (χ2n) is 18.3. The highest BCUT2D eigenvalue weighted by molar-refractivity contribution is 5.37. The van der Waals surface area contributed by atoms with E-state index in [1.165, 1.54) is 24.8 Å². The van der Waals surface area contributed by atoms with Crippen molar-refractivity contribution in [3.63, 3.8) is 0 Å². The van der Waals surface area contributed by atoms with Crippen LogP contribution < -0.4 is 0 Å². The first-order chi connectivity index (χ1) is 19.3. The summed E-state index contributed by atoms with van der Waals surface area (Å²) >= 11 is 0. The third-order valence-corrected chi connectivity index (χ3v) is 15.1. The highest BCUT2D eigenvalue weighted by atomic mass is 16.7. The highest BCUT2D eigenvalue weighted by Crippen LogP contribution is 2.77. The fourth-order valence-electron chi connectivity index (χ4n) is 12.7. The Balaban J connectivity index is 1.32. The summed E-state index contributed by atoms with van der Waals surface area (Å²) in [5.74, 6) is -0.0923. The van der Waals surface area contributed by atoms with Crippen molar-refractivity contribution in [2.24, 2.45) is 50.2 Å². The number of hydrogen-bond donors (Lipinski definition) is 2. The van der Waals surface area contributed by atoms with Crippen LogP contribution >= 0.6 is 0 Å². The molecule has 7 rings (SSSR count). The minimum absolute atomic E-state index is 0.0257. The van der Waals surface area contributed by atoms with Crippen molar-refractivity contribution >= 4 is 0 Å². The molecule has 0 amide bonds. The summed E-state index contributed by atoms with van der Waals surface area (Å²) in [6.45, 7) is 23.4. The summed E-state index contributed by atoms with van der Waals surface area (Å²) < 4.78 is 26.4. The number of ether oxygens (including phenoxy) is 4. The zero-order valence-corrected chi connectivity index (χ0v) is 28.0. The maximum absolute atomic E-state index is 11.7. The highest BCUT2D eigenvalue weighted by Gasteiger charge is 2.75. The van der Waals surface area contributed by atoms with E-state index in [4.69, 9.17) is 18.9 Å². The molecular weight excluding hydrogens is 528 g/mol. The van der Waals surface area contributed by atoms with Gasteiger partial charge in [0.15, 0.2) is 11.6 Å². The van der Waals surface area contributed by atoms with E-state index in [2.05, 4.69) is 61.5 Å². The molecule has 2 saturated heterocycles. The predicted molar refractivity (Wildman–Crippen MR) is 161 cm³/mol. The molecule has 2 N–H and O–H groups in total. The monoisotopic (exact) mass is 586 g/mol. The molecule has 0 radical (unpaired) electrons. The number of aliphatic hydroxyl groups excluding tert-OH is 2. The molecule has 6 heteroatoms. The van der Waals surface area contributed by atoms with Crippen LogP contribution in [0.1, 0.15) is 114 Å². The average Bonchev–Trinajstić information content (AvgIpc) is 2.87. The van der Waals surface area contributed by atoms with Crippen LogP contribution in [0.15, 0.2) is 11.6 Å². The molecule has 0 spiro atoms. The predicted octanol–water partition coefficient (Wildman–Crippen LogP) is 6.62. The van der Waals surface area contributed by atoms with Crippen LogP contribution in [0, 0.1) is 50.2 Å². The van der Waals surface area contributed by atoms with Gasteiger partial charge >= 0.3 is 0 Å². The number of allylic oxidation sites excluding steroid dienone is 2. The lowest BCUT2D eigenvalue weighted by Gasteiger charge is -2.74. The van der Waals surface area contributed by atoms with Gasteiger partial charge in [-0.3, -0.25) is 0 Å². The fraction of sp³-hybridized carbons (Fsp3) is 0.944. The van der Waals surface area contributed by atoms with Crippen LogP contribution in [0.4, 0.5) is 0 Å². The Kier molecular flexibility index (Phi) is 6.21. The standard InChI is InChI=1S/C36H58O6/c1-29(2)17-22-21-11-12-24-32(7)15-14-25-33(8,20-39-30(3,4)40-25)23(32)13-16-34(24,9)35(21,10)18-26-36(22,19-37)28(27(29)38)42-31(5,6)41-26/h11,22-28,37-38H,12-20H2,1-10H3/t22?,23?,24?,25-,26+,27-,28-,32-,33+,34+,35+,36-/m0/s1. The van der Waals surface area contributed by atoms with Crippen molar-refractivity contribution in [2.75, 3.05) is 13.2 Å². The van der Waals surface area contributed by atoms with Gasteiger partial charge in [-0.2, -0.15) is 0 Å². The Hall–Kier alpha value is -0.500. The quantitative estimate of drug-likeness (QED) is 0.336. The first kappa shape index (κ1) is 30.2. The normalized spacial score (nSPS) is 57.0. The lowest BCUT2D eigenvalue weighted by atomic mass is 9.33. The van der Waals surface area contributed by atoms with E-state index >= 15 is 0 Å². The maximum atomic E-state index is 11.7. The van der Waals surface area contributed by atoms with E-state index in [1.807, 2.05) is 13.8 Å². The minimum atomic E-state index is -0.815. The molecule has 0 aromatic rings. The van der Waals surface area contributed by atoms with Crippen molar-refractivity contribution in [1.82, 2.24) is 0 Å². The average molecular weight is 587 g/mol. The Morgan fingerprint density at radius 1 is 0.786 bits per heavy atom. The third-order valence-electron chi connectivity index (χ3n) is 15.1. The van der Waals surface area contributed by atoms with E-state index in [1.54, 1.807) is 0 Å². The smallest absolute Gasteiger partial charge is 0.163 e. The van der Waals surface area contributed by atoms with Crippen molar-refractivity contribution in [2.45, 2.75) is 150 Å². The van der Waals surface area contributed by atoms with Gasteiger partial charge in [0.1, 0.15) is 0 Å². The van der Waals surface area contributed by atoms with Crippen LogP contribution in [0.25, 0.3) is 0 Å². The van der Waals surface area contributed by atoms with E-state index < -0.39 is 29.2 Å². The Bertz CT molecular complexity index is 1180. The molecule has 238 valence electrons. The van der Waals surface area contributed by atoms with E-state index in [0.29, 0.717) is 11.8 Å². The van der Waals surface area contributed by atoms with Crippen LogP contribution in [-0.4, -0.2) is 59.4 Å². The first-order valence-corrected chi connectivity index (χ1v) is 17.0.